The molecule has 3 heteroatoms. The SMILES string of the molecule is Cc1ccc2nc(Cc3ccccc3)oc(=O)c2c1. The van der Waals surface area contributed by atoms with Crippen LogP contribution in [0, 0.1) is 6.92 Å². The van der Waals surface area contributed by atoms with Crippen molar-refractivity contribution in [3.05, 3.63) is 76.0 Å². The fourth-order valence-corrected chi connectivity index (χ4v) is 2.08. The van der Waals surface area contributed by atoms with Gasteiger partial charge in [0.1, 0.15) is 0 Å². The molecule has 0 N–H and O–H groups in total. The van der Waals surface area contributed by atoms with Crippen molar-refractivity contribution in [2.24, 2.45) is 0 Å². The molecule has 0 aliphatic heterocycles. The predicted molar refractivity (Wildman–Crippen MR) is 74.3 cm³/mol. The molecular weight excluding hydrogens is 238 g/mol. The lowest BCUT2D eigenvalue weighted by atomic mass is 10.1. The van der Waals surface area contributed by atoms with Crippen LogP contribution in [0.1, 0.15) is 17.0 Å². The Hall–Kier alpha value is -2.42. The van der Waals surface area contributed by atoms with E-state index in [1.54, 1.807) is 6.07 Å². The Kier molecular flexibility index (Phi) is 2.88. The molecule has 1 heterocycles. The summed E-state index contributed by atoms with van der Waals surface area (Å²) in [5.74, 6) is 0.451. The molecule has 0 fully saturated rings. The van der Waals surface area contributed by atoms with Gasteiger partial charge in [-0.15, -0.1) is 0 Å². The van der Waals surface area contributed by atoms with Gasteiger partial charge in [-0.2, -0.15) is 0 Å². The quantitative estimate of drug-likeness (QED) is 0.703. The van der Waals surface area contributed by atoms with Gasteiger partial charge in [0.25, 0.3) is 0 Å². The molecule has 0 unspecified atom stereocenters. The van der Waals surface area contributed by atoms with Crippen molar-refractivity contribution in [3.63, 3.8) is 0 Å². The number of hydrogen-bond acceptors (Lipinski definition) is 3. The number of aromatic nitrogens is 1. The Bertz CT molecular complexity index is 776. The minimum absolute atomic E-state index is 0.320. The zero-order valence-electron chi connectivity index (χ0n) is 10.6. The summed E-state index contributed by atoms with van der Waals surface area (Å²) >= 11 is 0. The van der Waals surface area contributed by atoms with Gasteiger partial charge >= 0.3 is 5.63 Å². The molecule has 0 saturated heterocycles. The van der Waals surface area contributed by atoms with Crippen LogP contribution in [-0.2, 0) is 6.42 Å². The lowest BCUT2D eigenvalue weighted by Crippen LogP contribution is -2.05. The summed E-state index contributed by atoms with van der Waals surface area (Å²) in [4.78, 5) is 16.3. The molecule has 0 aliphatic rings. The van der Waals surface area contributed by atoms with Gasteiger partial charge in [0.05, 0.1) is 10.9 Å². The molecule has 3 aromatic rings. The maximum atomic E-state index is 11.9. The lowest BCUT2D eigenvalue weighted by molar-refractivity contribution is 0.454. The third-order valence-corrected chi connectivity index (χ3v) is 3.03. The zero-order valence-corrected chi connectivity index (χ0v) is 10.6. The Labute approximate surface area is 110 Å². The van der Waals surface area contributed by atoms with Gasteiger partial charge < -0.3 is 4.42 Å². The standard InChI is InChI=1S/C16H13NO2/c1-11-7-8-14-13(9-11)16(18)19-15(17-14)10-12-5-3-2-4-6-12/h2-9H,10H2,1H3. The lowest BCUT2D eigenvalue weighted by Gasteiger charge is -2.02. The van der Waals surface area contributed by atoms with Gasteiger partial charge in [-0.25, -0.2) is 9.78 Å². The molecule has 0 atom stereocenters. The summed E-state index contributed by atoms with van der Waals surface area (Å²) in [5.41, 5.74) is 2.47. The smallest absolute Gasteiger partial charge is 0.346 e. The molecule has 0 amide bonds. The molecule has 3 nitrogen and oxygen atoms in total. The van der Waals surface area contributed by atoms with Gasteiger partial charge in [0, 0.05) is 6.42 Å². The average Bonchev–Trinajstić information content (AvgIpc) is 2.41. The van der Waals surface area contributed by atoms with E-state index in [9.17, 15) is 4.79 Å². The first-order valence-corrected chi connectivity index (χ1v) is 6.17. The van der Waals surface area contributed by atoms with Crippen LogP contribution in [-0.4, -0.2) is 4.98 Å². The Morgan fingerprint density at radius 3 is 2.68 bits per heavy atom. The van der Waals surface area contributed by atoms with Crippen LogP contribution in [0.25, 0.3) is 10.9 Å². The third-order valence-electron chi connectivity index (χ3n) is 3.03. The number of aryl methyl sites for hydroxylation is 1. The van der Waals surface area contributed by atoms with E-state index in [1.807, 2.05) is 49.4 Å². The highest BCUT2D eigenvalue weighted by atomic mass is 16.4. The second-order valence-electron chi connectivity index (χ2n) is 4.58. The highest BCUT2D eigenvalue weighted by molar-refractivity contribution is 5.77. The van der Waals surface area contributed by atoms with E-state index in [0.717, 1.165) is 11.1 Å². The van der Waals surface area contributed by atoms with Gasteiger partial charge in [-0.05, 0) is 24.6 Å². The Balaban J connectivity index is 2.07. The summed E-state index contributed by atoms with van der Waals surface area (Å²) in [7, 11) is 0. The zero-order chi connectivity index (χ0) is 13.2. The molecule has 0 saturated carbocycles. The fourth-order valence-electron chi connectivity index (χ4n) is 2.08. The largest absolute Gasteiger partial charge is 0.408 e. The van der Waals surface area contributed by atoms with Crippen molar-refractivity contribution >= 4 is 10.9 Å². The normalized spacial score (nSPS) is 10.8. The van der Waals surface area contributed by atoms with Crippen molar-refractivity contribution in [2.75, 3.05) is 0 Å². The van der Waals surface area contributed by atoms with E-state index in [2.05, 4.69) is 4.98 Å². The van der Waals surface area contributed by atoms with E-state index < -0.39 is 0 Å². The number of benzene rings is 2. The average molecular weight is 251 g/mol. The number of rotatable bonds is 2. The Morgan fingerprint density at radius 2 is 1.89 bits per heavy atom. The molecule has 0 spiro atoms. The third kappa shape index (κ3) is 2.40. The molecule has 19 heavy (non-hydrogen) atoms. The van der Waals surface area contributed by atoms with Crippen LogP contribution < -0.4 is 5.63 Å². The van der Waals surface area contributed by atoms with E-state index in [0.29, 0.717) is 23.2 Å². The van der Waals surface area contributed by atoms with Crippen molar-refractivity contribution < 1.29 is 4.42 Å². The van der Waals surface area contributed by atoms with Crippen LogP contribution in [0.2, 0.25) is 0 Å². The Morgan fingerprint density at radius 1 is 1.11 bits per heavy atom. The minimum atomic E-state index is -0.320. The molecular formula is C16H13NO2. The van der Waals surface area contributed by atoms with Crippen LogP contribution in [0.4, 0.5) is 0 Å². The second kappa shape index (κ2) is 4.69. The van der Waals surface area contributed by atoms with Crippen molar-refractivity contribution in [1.29, 1.82) is 0 Å². The van der Waals surface area contributed by atoms with Gasteiger partial charge in [0.2, 0.25) is 5.89 Å². The minimum Gasteiger partial charge on any atom is -0.408 e. The first-order chi connectivity index (χ1) is 9.22. The molecule has 0 radical (unpaired) electrons. The summed E-state index contributed by atoms with van der Waals surface area (Å²) in [6.45, 7) is 1.94. The molecule has 3 rings (SSSR count). The van der Waals surface area contributed by atoms with Crippen LogP contribution in [0.3, 0.4) is 0 Å². The van der Waals surface area contributed by atoms with Crippen molar-refractivity contribution in [1.82, 2.24) is 4.98 Å². The molecule has 94 valence electrons. The number of fused-ring (bicyclic) bond motifs is 1. The second-order valence-corrected chi connectivity index (χ2v) is 4.58. The maximum absolute atomic E-state index is 11.9. The number of nitrogens with zero attached hydrogens (tertiary/aromatic N) is 1. The summed E-state index contributed by atoms with van der Waals surface area (Å²) < 4.78 is 5.28. The summed E-state index contributed by atoms with van der Waals surface area (Å²) in [6.07, 6.45) is 0.528. The van der Waals surface area contributed by atoms with E-state index >= 15 is 0 Å². The van der Waals surface area contributed by atoms with Gasteiger partial charge in [-0.1, -0.05) is 42.0 Å². The summed E-state index contributed by atoms with van der Waals surface area (Å²) in [5, 5.41) is 0.539. The van der Waals surface area contributed by atoms with Crippen LogP contribution in [0.15, 0.2) is 57.7 Å². The maximum Gasteiger partial charge on any atom is 0.346 e. The highest BCUT2D eigenvalue weighted by Gasteiger charge is 2.07. The highest BCUT2D eigenvalue weighted by Crippen LogP contribution is 2.12. The van der Waals surface area contributed by atoms with Gasteiger partial charge in [0.15, 0.2) is 0 Å². The van der Waals surface area contributed by atoms with Crippen LogP contribution >= 0.6 is 0 Å². The molecule has 1 aromatic heterocycles. The van der Waals surface area contributed by atoms with Crippen molar-refractivity contribution in [2.45, 2.75) is 13.3 Å². The molecule has 2 aromatic carbocycles. The first-order valence-electron chi connectivity index (χ1n) is 6.17. The first kappa shape index (κ1) is 11.7. The van der Waals surface area contributed by atoms with E-state index in [-0.39, 0.29) is 5.63 Å². The topological polar surface area (TPSA) is 43.1 Å². The van der Waals surface area contributed by atoms with Gasteiger partial charge in [-0.3, -0.25) is 0 Å². The van der Waals surface area contributed by atoms with Crippen molar-refractivity contribution in [3.8, 4) is 0 Å². The molecule has 0 bridgehead atoms. The van der Waals surface area contributed by atoms with E-state index in [1.165, 1.54) is 0 Å². The predicted octanol–water partition coefficient (Wildman–Crippen LogP) is 3.09. The number of hydrogen-bond donors (Lipinski definition) is 0. The van der Waals surface area contributed by atoms with E-state index in [4.69, 9.17) is 4.42 Å². The van der Waals surface area contributed by atoms with Crippen LogP contribution in [0.5, 0.6) is 0 Å². The summed E-state index contributed by atoms with van der Waals surface area (Å²) in [6, 6.07) is 15.5. The monoisotopic (exact) mass is 251 g/mol. The molecule has 0 aliphatic carbocycles. The fraction of sp³-hybridized carbons (Fsp3) is 0.125.